The van der Waals surface area contributed by atoms with E-state index in [9.17, 15) is 9.59 Å². The largest absolute Gasteiger partial charge is 0.465 e. The van der Waals surface area contributed by atoms with Crippen molar-refractivity contribution in [1.29, 1.82) is 0 Å². The summed E-state index contributed by atoms with van der Waals surface area (Å²) in [6.07, 6.45) is 0. The highest BCUT2D eigenvalue weighted by molar-refractivity contribution is 6.15. The number of hydrogen-bond donors (Lipinski definition) is 1. The third kappa shape index (κ3) is 3.52. The number of benzene rings is 2. The zero-order chi connectivity index (χ0) is 20.5. The molecule has 0 saturated carbocycles. The van der Waals surface area contributed by atoms with Crippen molar-refractivity contribution < 1.29 is 14.3 Å². The van der Waals surface area contributed by atoms with Crippen molar-refractivity contribution >= 4 is 39.4 Å². The number of amides is 1. The SMILES string of the molecule is COC(=O)c1ccc2nc(C)cc(NC(=O)c3cc(C)nc4ccccc34)c2c1. The van der Waals surface area contributed by atoms with Crippen molar-refractivity contribution in [2.75, 3.05) is 12.4 Å². The number of aromatic nitrogens is 2. The van der Waals surface area contributed by atoms with Gasteiger partial charge in [0.1, 0.15) is 0 Å². The highest BCUT2D eigenvalue weighted by atomic mass is 16.5. The fourth-order valence-corrected chi connectivity index (χ4v) is 3.39. The van der Waals surface area contributed by atoms with Gasteiger partial charge in [-0.1, -0.05) is 18.2 Å². The number of nitrogens with zero attached hydrogens (tertiary/aromatic N) is 2. The monoisotopic (exact) mass is 385 g/mol. The van der Waals surface area contributed by atoms with Crippen LogP contribution in [0.5, 0.6) is 0 Å². The molecule has 2 aromatic heterocycles. The average Bonchev–Trinajstić information content (AvgIpc) is 2.72. The van der Waals surface area contributed by atoms with E-state index in [1.165, 1.54) is 7.11 Å². The van der Waals surface area contributed by atoms with Crippen LogP contribution in [-0.2, 0) is 4.74 Å². The van der Waals surface area contributed by atoms with Crippen LogP contribution in [0.25, 0.3) is 21.8 Å². The maximum Gasteiger partial charge on any atom is 0.337 e. The van der Waals surface area contributed by atoms with E-state index in [0.29, 0.717) is 27.7 Å². The molecule has 4 rings (SSSR count). The Labute approximate surface area is 167 Å². The summed E-state index contributed by atoms with van der Waals surface area (Å²) in [5.41, 5.74) is 4.49. The first-order valence-electron chi connectivity index (χ1n) is 9.14. The molecule has 1 N–H and O–H groups in total. The molecule has 144 valence electrons. The number of aryl methyl sites for hydroxylation is 2. The molecule has 2 heterocycles. The summed E-state index contributed by atoms with van der Waals surface area (Å²) < 4.78 is 4.81. The number of rotatable bonds is 3. The Morgan fingerprint density at radius 1 is 0.862 bits per heavy atom. The lowest BCUT2D eigenvalue weighted by Crippen LogP contribution is -2.14. The lowest BCUT2D eigenvalue weighted by molar-refractivity contribution is 0.0601. The van der Waals surface area contributed by atoms with Crippen LogP contribution in [0.15, 0.2) is 54.6 Å². The Morgan fingerprint density at radius 3 is 2.31 bits per heavy atom. The maximum absolute atomic E-state index is 13.2. The molecule has 0 fully saturated rings. The first kappa shape index (κ1) is 18.6. The molecule has 0 aliphatic carbocycles. The Morgan fingerprint density at radius 2 is 1.55 bits per heavy atom. The Bertz CT molecular complexity index is 1280. The van der Waals surface area contributed by atoms with Gasteiger partial charge in [-0.3, -0.25) is 14.8 Å². The molecule has 4 aromatic rings. The number of anilines is 1. The van der Waals surface area contributed by atoms with Gasteiger partial charge in [0.25, 0.3) is 5.91 Å². The third-order valence-corrected chi connectivity index (χ3v) is 4.69. The summed E-state index contributed by atoms with van der Waals surface area (Å²) in [6, 6.07) is 16.2. The lowest BCUT2D eigenvalue weighted by atomic mass is 10.1. The summed E-state index contributed by atoms with van der Waals surface area (Å²) in [4.78, 5) is 34.1. The predicted molar refractivity (Wildman–Crippen MR) is 112 cm³/mol. The van der Waals surface area contributed by atoms with Crippen molar-refractivity contribution in [3.63, 3.8) is 0 Å². The van der Waals surface area contributed by atoms with Crippen LogP contribution in [-0.4, -0.2) is 29.0 Å². The third-order valence-electron chi connectivity index (χ3n) is 4.69. The van der Waals surface area contributed by atoms with Crippen LogP contribution in [0.1, 0.15) is 32.1 Å². The second kappa shape index (κ2) is 7.31. The number of nitrogens with one attached hydrogen (secondary N) is 1. The van der Waals surface area contributed by atoms with Gasteiger partial charge >= 0.3 is 5.97 Å². The van der Waals surface area contributed by atoms with Gasteiger partial charge in [0.2, 0.25) is 0 Å². The quantitative estimate of drug-likeness (QED) is 0.527. The molecule has 0 bridgehead atoms. The Hall–Kier alpha value is -3.80. The molecule has 1 amide bonds. The Kier molecular flexibility index (Phi) is 4.68. The predicted octanol–water partition coefficient (Wildman–Crippen LogP) is 4.44. The number of hydrogen-bond acceptors (Lipinski definition) is 5. The Balaban J connectivity index is 1.82. The van der Waals surface area contributed by atoms with Crippen molar-refractivity contribution in [3.8, 4) is 0 Å². The molecule has 0 atom stereocenters. The van der Waals surface area contributed by atoms with Crippen LogP contribution < -0.4 is 5.32 Å². The highest BCUT2D eigenvalue weighted by Crippen LogP contribution is 2.26. The van der Waals surface area contributed by atoms with E-state index in [4.69, 9.17) is 4.74 Å². The molecule has 0 aliphatic heterocycles. The van der Waals surface area contributed by atoms with Gasteiger partial charge in [-0.15, -0.1) is 0 Å². The topological polar surface area (TPSA) is 81.2 Å². The van der Waals surface area contributed by atoms with Crippen molar-refractivity contribution in [2.24, 2.45) is 0 Å². The molecule has 0 spiro atoms. The smallest absolute Gasteiger partial charge is 0.337 e. The van der Waals surface area contributed by atoms with Gasteiger partial charge < -0.3 is 10.1 Å². The molecular formula is C23H19N3O3. The number of esters is 1. The molecule has 0 unspecified atom stereocenters. The van der Waals surface area contributed by atoms with Crippen LogP contribution in [0.4, 0.5) is 5.69 Å². The minimum atomic E-state index is -0.444. The van der Waals surface area contributed by atoms with Crippen LogP contribution >= 0.6 is 0 Å². The van der Waals surface area contributed by atoms with E-state index in [2.05, 4.69) is 15.3 Å². The van der Waals surface area contributed by atoms with E-state index in [1.54, 1.807) is 30.3 Å². The lowest BCUT2D eigenvalue weighted by Gasteiger charge is -2.12. The normalized spacial score (nSPS) is 10.9. The summed E-state index contributed by atoms with van der Waals surface area (Å²) in [6.45, 7) is 3.72. The summed E-state index contributed by atoms with van der Waals surface area (Å²) >= 11 is 0. The van der Waals surface area contributed by atoms with Crippen molar-refractivity contribution in [2.45, 2.75) is 13.8 Å². The maximum atomic E-state index is 13.2. The molecule has 6 nitrogen and oxygen atoms in total. The van der Waals surface area contributed by atoms with E-state index < -0.39 is 5.97 Å². The van der Waals surface area contributed by atoms with E-state index >= 15 is 0 Å². The average molecular weight is 385 g/mol. The number of fused-ring (bicyclic) bond motifs is 2. The molecule has 29 heavy (non-hydrogen) atoms. The standard InChI is InChI=1S/C23H19N3O3/c1-13-10-17(16-6-4-5-7-19(16)24-13)22(27)26-21-11-14(2)25-20-9-8-15(12-18(20)21)23(28)29-3/h4-12H,1-3H3,(H,25,26,27). The molecule has 6 heteroatoms. The van der Waals surface area contributed by atoms with Crippen LogP contribution in [0.2, 0.25) is 0 Å². The fraction of sp³-hybridized carbons (Fsp3) is 0.130. The molecule has 2 aromatic carbocycles. The van der Waals surface area contributed by atoms with Gasteiger partial charge in [0.15, 0.2) is 0 Å². The van der Waals surface area contributed by atoms with Crippen molar-refractivity contribution in [1.82, 2.24) is 9.97 Å². The van der Waals surface area contributed by atoms with Crippen LogP contribution in [0.3, 0.4) is 0 Å². The molecular weight excluding hydrogens is 366 g/mol. The molecule has 0 aliphatic rings. The fourth-order valence-electron chi connectivity index (χ4n) is 3.39. The van der Waals surface area contributed by atoms with Gasteiger partial charge in [0, 0.05) is 22.2 Å². The summed E-state index contributed by atoms with van der Waals surface area (Å²) in [7, 11) is 1.33. The zero-order valence-electron chi connectivity index (χ0n) is 16.3. The second-order valence-electron chi connectivity index (χ2n) is 6.82. The minimum Gasteiger partial charge on any atom is -0.465 e. The van der Waals surface area contributed by atoms with Gasteiger partial charge in [-0.05, 0) is 50.2 Å². The second-order valence-corrected chi connectivity index (χ2v) is 6.82. The molecule has 0 saturated heterocycles. The summed E-state index contributed by atoms with van der Waals surface area (Å²) in [5, 5.41) is 4.43. The van der Waals surface area contributed by atoms with E-state index in [0.717, 1.165) is 22.3 Å². The van der Waals surface area contributed by atoms with E-state index in [-0.39, 0.29) is 5.91 Å². The summed E-state index contributed by atoms with van der Waals surface area (Å²) in [5.74, 6) is -0.692. The first-order chi connectivity index (χ1) is 14.0. The number of carbonyl (C=O) groups excluding carboxylic acids is 2. The van der Waals surface area contributed by atoms with Gasteiger partial charge in [0.05, 0.1) is 35.0 Å². The van der Waals surface area contributed by atoms with Crippen molar-refractivity contribution in [3.05, 3.63) is 77.1 Å². The number of carbonyl (C=O) groups is 2. The minimum absolute atomic E-state index is 0.248. The number of methoxy groups -OCH3 is 1. The van der Waals surface area contributed by atoms with Crippen LogP contribution in [0, 0.1) is 13.8 Å². The van der Waals surface area contributed by atoms with E-state index in [1.807, 2.05) is 38.1 Å². The van der Waals surface area contributed by atoms with Gasteiger partial charge in [-0.2, -0.15) is 0 Å². The number of para-hydroxylation sites is 1. The zero-order valence-corrected chi connectivity index (χ0v) is 16.3. The highest BCUT2D eigenvalue weighted by Gasteiger charge is 2.15. The number of ether oxygens (including phenoxy) is 1. The van der Waals surface area contributed by atoms with Gasteiger partial charge in [-0.25, -0.2) is 4.79 Å². The first-order valence-corrected chi connectivity index (χ1v) is 9.14. The molecule has 0 radical (unpaired) electrons. The number of pyridine rings is 2.